The molecule has 8 heteroatoms. The van der Waals surface area contributed by atoms with Crippen LogP contribution < -0.4 is 5.32 Å². The van der Waals surface area contributed by atoms with E-state index in [1.54, 1.807) is 7.11 Å². The van der Waals surface area contributed by atoms with Crippen LogP contribution in [-0.2, 0) is 14.3 Å². The number of esters is 1. The van der Waals surface area contributed by atoms with Gasteiger partial charge in [-0.2, -0.15) is 0 Å². The van der Waals surface area contributed by atoms with Crippen LogP contribution in [0.2, 0.25) is 0 Å². The highest BCUT2D eigenvalue weighted by atomic mass is 16.5. The molecule has 168 valence electrons. The first kappa shape index (κ1) is 23.1. The minimum atomic E-state index is -1.06. The van der Waals surface area contributed by atoms with Crippen LogP contribution in [0.1, 0.15) is 55.5 Å². The fourth-order valence-electron chi connectivity index (χ4n) is 3.37. The van der Waals surface area contributed by atoms with E-state index in [1.165, 1.54) is 25.1 Å². The maximum absolute atomic E-state index is 12.6. The van der Waals surface area contributed by atoms with Gasteiger partial charge < -0.3 is 14.8 Å². The Kier molecular flexibility index (Phi) is 7.05. The number of aryl methyl sites for hydroxylation is 2. The van der Waals surface area contributed by atoms with E-state index in [9.17, 15) is 19.2 Å². The molecule has 1 aliphatic rings. The van der Waals surface area contributed by atoms with E-state index in [-0.39, 0.29) is 23.2 Å². The molecule has 0 saturated carbocycles. The van der Waals surface area contributed by atoms with Gasteiger partial charge in [0.1, 0.15) is 0 Å². The molecule has 1 unspecified atom stereocenters. The van der Waals surface area contributed by atoms with Gasteiger partial charge in [0.15, 0.2) is 6.10 Å². The average molecular weight is 438 g/mol. The first-order valence-corrected chi connectivity index (χ1v) is 10.3. The maximum Gasteiger partial charge on any atom is 0.338 e. The van der Waals surface area contributed by atoms with Gasteiger partial charge in [0.05, 0.1) is 16.7 Å². The number of hydrogen-bond acceptors (Lipinski definition) is 6. The highest BCUT2D eigenvalue weighted by Gasteiger charge is 2.36. The smallest absolute Gasteiger partial charge is 0.338 e. The molecule has 1 heterocycles. The van der Waals surface area contributed by atoms with Gasteiger partial charge in [-0.05, 0) is 62.6 Å². The predicted molar refractivity (Wildman–Crippen MR) is 118 cm³/mol. The first-order valence-electron chi connectivity index (χ1n) is 10.3. The lowest BCUT2D eigenvalue weighted by atomic mass is 10.1. The van der Waals surface area contributed by atoms with E-state index in [1.807, 2.05) is 32.0 Å². The monoisotopic (exact) mass is 438 g/mol. The Bertz CT molecular complexity index is 1080. The van der Waals surface area contributed by atoms with Gasteiger partial charge in [-0.3, -0.25) is 19.3 Å². The number of carbonyl (C=O) groups excluding carboxylic acids is 4. The van der Waals surface area contributed by atoms with Crippen molar-refractivity contribution in [2.24, 2.45) is 0 Å². The number of methoxy groups -OCH3 is 1. The quantitative estimate of drug-likeness (QED) is 0.386. The molecule has 0 spiro atoms. The predicted octanol–water partition coefficient (Wildman–Crippen LogP) is 3.12. The summed E-state index contributed by atoms with van der Waals surface area (Å²) in [4.78, 5) is 51.3. The van der Waals surface area contributed by atoms with E-state index in [0.29, 0.717) is 18.7 Å². The zero-order valence-electron chi connectivity index (χ0n) is 18.6. The van der Waals surface area contributed by atoms with Crippen LogP contribution in [0.4, 0.5) is 5.69 Å². The fourth-order valence-corrected chi connectivity index (χ4v) is 3.37. The Morgan fingerprint density at radius 3 is 2.47 bits per heavy atom. The zero-order chi connectivity index (χ0) is 23.4. The van der Waals surface area contributed by atoms with Crippen LogP contribution in [-0.4, -0.2) is 55.0 Å². The number of anilines is 1. The minimum Gasteiger partial charge on any atom is -0.449 e. The Morgan fingerprint density at radius 1 is 1.03 bits per heavy atom. The van der Waals surface area contributed by atoms with Gasteiger partial charge in [-0.1, -0.05) is 12.1 Å². The highest BCUT2D eigenvalue weighted by Crippen LogP contribution is 2.25. The molecule has 0 aliphatic carbocycles. The summed E-state index contributed by atoms with van der Waals surface area (Å²) >= 11 is 0. The van der Waals surface area contributed by atoms with Crippen molar-refractivity contribution in [2.75, 3.05) is 25.6 Å². The summed E-state index contributed by atoms with van der Waals surface area (Å²) in [5, 5.41) is 2.76. The van der Waals surface area contributed by atoms with E-state index in [4.69, 9.17) is 9.47 Å². The number of hydrogen-bond donors (Lipinski definition) is 1. The Labute approximate surface area is 186 Å². The summed E-state index contributed by atoms with van der Waals surface area (Å²) in [6.07, 6.45) is -0.539. The maximum atomic E-state index is 12.6. The third-order valence-electron chi connectivity index (χ3n) is 5.24. The van der Waals surface area contributed by atoms with Crippen LogP contribution >= 0.6 is 0 Å². The van der Waals surface area contributed by atoms with Crippen molar-refractivity contribution < 1.29 is 28.7 Å². The SMILES string of the molecule is COCCCN1C(=O)c2ccc(C(=O)OC(C)C(=O)Nc3cc(C)ccc3C)cc2C1=O. The van der Waals surface area contributed by atoms with Crippen molar-refractivity contribution in [3.05, 3.63) is 64.2 Å². The lowest BCUT2D eigenvalue weighted by Crippen LogP contribution is -2.31. The number of amides is 3. The van der Waals surface area contributed by atoms with Crippen LogP contribution in [0.25, 0.3) is 0 Å². The minimum absolute atomic E-state index is 0.0926. The molecule has 3 rings (SSSR count). The molecule has 1 aliphatic heterocycles. The largest absolute Gasteiger partial charge is 0.449 e. The standard InChI is InChI=1S/C24H26N2O6/c1-14-6-7-15(2)20(12-14)25-21(27)16(3)32-24(30)17-8-9-18-19(13-17)23(29)26(22(18)28)10-5-11-31-4/h6-9,12-13,16H,5,10-11H2,1-4H3,(H,25,27). The summed E-state index contributed by atoms with van der Waals surface area (Å²) in [6.45, 7) is 5.91. The number of fused-ring (bicyclic) bond motifs is 1. The Balaban J connectivity index is 1.67. The van der Waals surface area contributed by atoms with Gasteiger partial charge in [-0.15, -0.1) is 0 Å². The molecule has 2 aromatic rings. The van der Waals surface area contributed by atoms with E-state index in [2.05, 4.69) is 5.32 Å². The van der Waals surface area contributed by atoms with Crippen LogP contribution in [0, 0.1) is 13.8 Å². The first-order chi connectivity index (χ1) is 15.2. The molecular formula is C24H26N2O6. The topological polar surface area (TPSA) is 102 Å². The molecule has 32 heavy (non-hydrogen) atoms. The van der Waals surface area contributed by atoms with Gasteiger partial charge in [-0.25, -0.2) is 4.79 Å². The number of rotatable bonds is 8. The number of carbonyl (C=O) groups is 4. The summed E-state index contributed by atoms with van der Waals surface area (Å²) in [7, 11) is 1.55. The molecular weight excluding hydrogens is 412 g/mol. The van der Waals surface area contributed by atoms with Crippen molar-refractivity contribution in [1.29, 1.82) is 0 Å². The number of ether oxygens (including phenoxy) is 2. The fraction of sp³-hybridized carbons (Fsp3) is 0.333. The second-order valence-corrected chi connectivity index (χ2v) is 7.72. The lowest BCUT2D eigenvalue weighted by molar-refractivity contribution is -0.123. The Hall–Kier alpha value is -3.52. The van der Waals surface area contributed by atoms with Crippen LogP contribution in [0.5, 0.6) is 0 Å². The molecule has 0 radical (unpaired) electrons. The number of nitrogens with zero attached hydrogens (tertiary/aromatic N) is 1. The van der Waals surface area contributed by atoms with E-state index < -0.39 is 29.8 Å². The van der Waals surface area contributed by atoms with Gasteiger partial charge in [0.2, 0.25) is 0 Å². The average Bonchev–Trinajstić information content (AvgIpc) is 3.00. The summed E-state index contributed by atoms with van der Waals surface area (Å²) in [6, 6.07) is 9.85. The second kappa shape index (κ2) is 9.74. The van der Waals surface area contributed by atoms with Gasteiger partial charge in [0, 0.05) is 25.9 Å². The van der Waals surface area contributed by atoms with Crippen molar-refractivity contribution in [3.63, 3.8) is 0 Å². The van der Waals surface area contributed by atoms with E-state index >= 15 is 0 Å². The third kappa shape index (κ3) is 4.86. The summed E-state index contributed by atoms with van der Waals surface area (Å²) in [5.41, 5.74) is 3.01. The van der Waals surface area contributed by atoms with Crippen molar-refractivity contribution in [3.8, 4) is 0 Å². The van der Waals surface area contributed by atoms with Gasteiger partial charge >= 0.3 is 5.97 Å². The Morgan fingerprint density at radius 2 is 1.75 bits per heavy atom. The van der Waals surface area contributed by atoms with Crippen LogP contribution in [0.15, 0.2) is 36.4 Å². The molecule has 0 bridgehead atoms. The number of benzene rings is 2. The molecule has 3 amide bonds. The highest BCUT2D eigenvalue weighted by molar-refractivity contribution is 6.22. The molecule has 0 aromatic heterocycles. The summed E-state index contributed by atoms with van der Waals surface area (Å²) in [5.74, 6) is -2.09. The van der Waals surface area contributed by atoms with Crippen molar-refractivity contribution >= 4 is 29.4 Å². The molecule has 1 atom stereocenters. The molecule has 0 saturated heterocycles. The zero-order valence-corrected chi connectivity index (χ0v) is 18.6. The third-order valence-corrected chi connectivity index (χ3v) is 5.24. The number of nitrogens with one attached hydrogen (secondary N) is 1. The summed E-state index contributed by atoms with van der Waals surface area (Å²) < 4.78 is 10.3. The number of imide groups is 1. The molecule has 8 nitrogen and oxygen atoms in total. The normalized spacial score (nSPS) is 13.7. The van der Waals surface area contributed by atoms with E-state index in [0.717, 1.165) is 16.0 Å². The molecule has 2 aromatic carbocycles. The van der Waals surface area contributed by atoms with Crippen molar-refractivity contribution in [1.82, 2.24) is 4.90 Å². The van der Waals surface area contributed by atoms with Gasteiger partial charge in [0.25, 0.3) is 17.7 Å². The lowest BCUT2D eigenvalue weighted by Gasteiger charge is -2.15. The van der Waals surface area contributed by atoms with Crippen molar-refractivity contribution in [2.45, 2.75) is 33.3 Å². The molecule has 0 fully saturated rings. The molecule has 1 N–H and O–H groups in total. The van der Waals surface area contributed by atoms with Crippen LogP contribution in [0.3, 0.4) is 0 Å². The second-order valence-electron chi connectivity index (χ2n) is 7.72.